The lowest BCUT2D eigenvalue weighted by Gasteiger charge is -2.08. The number of likely N-dealkylation sites (N-methyl/N-ethyl adjacent to an activating group) is 1. The van der Waals surface area contributed by atoms with E-state index in [2.05, 4.69) is 5.32 Å². The van der Waals surface area contributed by atoms with Crippen LogP contribution in [0.1, 0.15) is 21.5 Å². The Morgan fingerprint density at radius 1 is 1.43 bits per heavy atom. The minimum absolute atomic E-state index is 0.0370. The summed E-state index contributed by atoms with van der Waals surface area (Å²) < 4.78 is 0. The summed E-state index contributed by atoms with van der Waals surface area (Å²) in [4.78, 5) is 11.7. The van der Waals surface area contributed by atoms with E-state index in [4.69, 9.17) is 11.6 Å². The van der Waals surface area contributed by atoms with Crippen LogP contribution in [0.25, 0.3) is 0 Å². The Hall–Kier alpha value is -0.860. The van der Waals surface area contributed by atoms with Gasteiger partial charge in [0.25, 0.3) is 0 Å². The second-order valence-electron chi connectivity index (χ2n) is 3.39. The van der Waals surface area contributed by atoms with Crippen molar-refractivity contribution in [2.45, 2.75) is 13.8 Å². The van der Waals surface area contributed by atoms with Crippen LogP contribution in [0.3, 0.4) is 0 Å². The van der Waals surface area contributed by atoms with Gasteiger partial charge in [-0.25, -0.2) is 0 Å². The molecule has 0 aliphatic rings. The lowest BCUT2D eigenvalue weighted by molar-refractivity contribution is 0.0993. The highest BCUT2D eigenvalue weighted by Crippen LogP contribution is 2.22. The zero-order chi connectivity index (χ0) is 10.7. The van der Waals surface area contributed by atoms with Crippen molar-refractivity contribution in [3.8, 4) is 0 Å². The summed E-state index contributed by atoms with van der Waals surface area (Å²) in [5.74, 6) is 0.0370. The molecule has 14 heavy (non-hydrogen) atoms. The molecule has 1 aromatic rings. The fourth-order valence-electron chi connectivity index (χ4n) is 1.52. The number of hydrogen-bond donors (Lipinski definition) is 1. The highest BCUT2D eigenvalue weighted by molar-refractivity contribution is 6.34. The Labute approximate surface area is 89.3 Å². The third-order valence-electron chi connectivity index (χ3n) is 2.05. The lowest BCUT2D eigenvalue weighted by Crippen LogP contribution is -2.19. The van der Waals surface area contributed by atoms with Gasteiger partial charge in [-0.3, -0.25) is 4.79 Å². The zero-order valence-electron chi connectivity index (χ0n) is 8.65. The van der Waals surface area contributed by atoms with E-state index in [1.165, 1.54) is 0 Å². The minimum atomic E-state index is 0.0370. The molecular formula is C11H14ClNO. The van der Waals surface area contributed by atoms with Gasteiger partial charge in [-0.1, -0.05) is 17.7 Å². The molecule has 0 heterocycles. The number of nitrogens with one attached hydrogen (secondary N) is 1. The molecule has 3 heteroatoms. The second kappa shape index (κ2) is 4.58. The number of halogens is 1. The normalized spacial score (nSPS) is 10.3. The van der Waals surface area contributed by atoms with Crippen LogP contribution in [-0.4, -0.2) is 19.4 Å². The highest BCUT2D eigenvalue weighted by Gasteiger charge is 2.12. The first-order valence-corrected chi connectivity index (χ1v) is 4.88. The molecule has 0 bridgehead atoms. The average Bonchev–Trinajstić information content (AvgIpc) is 2.01. The molecule has 0 amide bonds. The molecule has 0 atom stereocenters. The van der Waals surface area contributed by atoms with E-state index < -0.39 is 0 Å². The number of benzene rings is 1. The van der Waals surface area contributed by atoms with E-state index in [-0.39, 0.29) is 5.78 Å². The zero-order valence-corrected chi connectivity index (χ0v) is 9.40. The summed E-state index contributed by atoms with van der Waals surface area (Å²) in [5, 5.41) is 3.37. The van der Waals surface area contributed by atoms with Gasteiger partial charge in [-0.2, -0.15) is 0 Å². The molecule has 0 saturated heterocycles. The van der Waals surface area contributed by atoms with Gasteiger partial charge in [0.1, 0.15) is 0 Å². The maximum absolute atomic E-state index is 11.7. The van der Waals surface area contributed by atoms with E-state index >= 15 is 0 Å². The fraction of sp³-hybridized carbons (Fsp3) is 0.364. The molecule has 0 spiro atoms. The minimum Gasteiger partial charge on any atom is -0.313 e. The molecule has 1 rings (SSSR count). The highest BCUT2D eigenvalue weighted by atomic mass is 35.5. The smallest absolute Gasteiger partial charge is 0.178 e. The maximum atomic E-state index is 11.7. The van der Waals surface area contributed by atoms with Crippen molar-refractivity contribution in [2.75, 3.05) is 13.6 Å². The molecule has 2 nitrogen and oxygen atoms in total. The molecule has 0 fully saturated rings. The summed E-state index contributed by atoms with van der Waals surface area (Å²) in [5.41, 5.74) is 2.65. The second-order valence-corrected chi connectivity index (χ2v) is 3.80. The fourth-order valence-corrected chi connectivity index (χ4v) is 1.94. The maximum Gasteiger partial charge on any atom is 0.178 e. The topological polar surface area (TPSA) is 29.1 Å². The molecule has 0 aliphatic heterocycles. The summed E-state index contributed by atoms with van der Waals surface area (Å²) in [6, 6.07) is 3.78. The van der Waals surface area contributed by atoms with Crippen LogP contribution < -0.4 is 5.32 Å². The quantitative estimate of drug-likeness (QED) is 0.778. The molecule has 0 saturated carbocycles. The van der Waals surface area contributed by atoms with E-state index in [0.29, 0.717) is 17.1 Å². The van der Waals surface area contributed by atoms with Crippen LogP contribution in [-0.2, 0) is 0 Å². The van der Waals surface area contributed by atoms with Crippen molar-refractivity contribution >= 4 is 17.4 Å². The van der Waals surface area contributed by atoms with Crippen LogP contribution in [0.2, 0.25) is 5.02 Å². The number of rotatable bonds is 3. The lowest BCUT2D eigenvalue weighted by atomic mass is 10.0. The van der Waals surface area contributed by atoms with E-state index in [9.17, 15) is 4.79 Å². The van der Waals surface area contributed by atoms with Gasteiger partial charge in [-0.05, 0) is 38.1 Å². The largest absolute Gasteiger partial charge is 0.313 e. The van der Waals surface area contributed by atoms with Crippen molar-refractivity contribution < 1.29 is 4.79 Å². The predicted molar refractivity (Wildman–Crippen MR) is 59.2 cm³/mol. The van der Waals surface area contributed by atoms with Crippen molar-refractivity contribution in [1.29, 1.82) is 0 Å². The van der Waals surface area contributed by atoms with Gasteiger partial charge in [0.05, 0.1) is 11.6 Å². The van der Waals surface area contributed by atoms with Gasteiger partial charge in [-0.15, -0.1) is 0 Å². The van der Waals surface area contributed by atoms with Crippen LogP contribution >= 0.6 is 11.6 Å². The Kier molecular flexibility index (Phi) is 3.67. The molecular weight excluding hydrogens is 198 g/mol. The van der Waals surface area contributed by atoms with Gasteiger partial charge in [0.2, 0.25) is 0 Å². The Morgan fingerprint density at radius 3 is 2.57 bits per heavy atom. The number of Topliss-reactive ketones (excluding diaryl/α,β-unsaturated/α-hetero) is 1. The third-order valence-corrected chi connectivity index (χ3v) is 2.35. The summed E-state index contributed by atoms with van der Waals surface area (Å²) in [7, 11) is 1.75. The Bertz CT molecular complexity index is 337. The van der Waals surface area contributed by atoms with Gasteiger partial charge < -0.3 is 5.32 Å². The number of carbonyl (C=O) groups excluding carboxylic acids is 1. The van der Waals surface area contributed by atoms with Crippen LogP contribution in [0.5, 0.6) is 0 Å². The van der Waals surface area contributed by atoms with Crippen molar-refractivity contribution in [2.24, 2.45) is 0 Å². The van der Waals surface area contributed by atoms with E-state index in [0.717, 1.165) is 11.1 Å². The van der Waals surface area contributed by atoms with E-state index in [1.807, 2.05) is 26.0 Å². The third kappa shape index (κ3) is 2.34. The van der Waals surface area contributed by atoms with Gasteiger partial charge in [0, 0.05) is 5.56 Å². The van der Waals surface area contributed by atoms with Crippen molar-refractivity contribution in [3.05, 3.63) is 33.8 Å². The first kappa shape index (κ1) is 11.2. The number of hydrogen-bond acceptors (Lipinski definition) is 2. The van der Waals surface area contributed by atoms with Gasteiger partial charge in [0.15, 0.2) is 5.78 Å². The molecule has 0 unspecified atom stereocenters. The molecule has 0 aliphatic carbocycles. The first-order valence-electron chi connectivity index (χ1n) is 4.50. The molecule has 1 N–H and O–H groups in total. The van der Waals surface area contributed by atoms with Crippen LogP contribution in [0.15, 0.2) is 12.1 Å². The SMILES string of the molecule is CNCC(=O)c1c(C)cc(C)cc1Cl. The summed E-state index contributed by atoms with van der Waals surface area (Å²) >= 11 is 6.02. The molecule has 0 radical (unpaired) electrons. The number of carbonyl (C=O) groups is 1. The summed E-state index contributed by atoms with van der Waals surface area (Å²) in [6.45, 7) is 4.19. The number of aryl methyl sites for hydroxylation is 2. The molecule has 76 valence electrons. The number of ketones is 1. The van der Waals surface area contributed by atoms with E-state index in [1.54, 1.807) is 7.05 Å². The Balaban J connectivity index is 3.14. The van der Waals surface area contributed by atoms with Crippen molar-refractivity contribution in [3.63, 3.8) is 0 Å². The average molecular weight is 212 g/mol. The molecule has 0 aromatic heterocycles. The Morgan fingerprint density at radius 2 is 2.07 bits per heavy atom. The molecule has 1 aromatic carbocycles. The van der Waals surface area contributed by atoms with Gasteiger partial charge >= 0.3 is 0 Å². The summed E-state index contributed by atoms with van der Waals surface area (Å²) in [6.07, 6.45) is 0. The standard InChI is InChI=1S/C11H14ClNO/c1-7-4-8(2)11(9(12)5-7)10(14)6-13-3/h4-5,13H,6H2,1-3H3. The van der Waals surface area contributed by atoms with Crippen LogP contribution in [0.4, 0.5) is 0 Å². The monoisotopic (exact) mass is 211 g/mol. The van der Waals surface area contributed by atoms with Crippen LogP contribution in [0, 0.1) is 13.8 Å². The van der Waals surface area contributed by atoms with Crippen molar-refractivity contribution in [1.82, 2.24) is 5.32 Å². The predicted octanol–water partition coefficient (Wildman–Crippen LogP) is 2.36. The first-order chi connectivity index (χ1) is 6.56.